The molecule has 0 spiro atoms. The Morgan fingerprint density at radius 3 is 2.54 bits per heavy atom. The van der Waals surface area contributed by atoms with Gasteiger partial charge >= 0.3 is 0 Å². The average Bonchev–Trinajstić information content (AvgIpc) is 2.10. The third-order valence-corrected chi connectivity index (χ3v) is 1.96. The van der Waals surface area contributed by atoms with Crippen LogP contribution in [0.2, 0.25) is 0 Å². The molecule has 1 N–H and O–H groups in total. The molecule has 0 aliphatic rings. The van der Waals surface area contributed by atoms with Crippen molar-refractivity contribution in [1.82, 2.24) is 4.90 Å². The fourth-order valence-electron chi connectivity index (χ4n) is 0.894. The van der Waals surface area contributed by atoms with E-state index in [1.54, 1.807) is 6.92 Å². The summed E-state index contributed by atoms with van der Waals surface area (Å²) in [5.74, 6) is 0. The van der Waals surface area contributed by atoms with Crippen LogP contribution in [0.4, 0.5) is 0 Å². The van der Waals surface area contributed by atoms with E-state index >= 15 is 0 Å². The van der Waals surface area contributed by atoms with Gasteiger partial charge in [0, 0.05) is 6.54 Å². The molecule has 0 rings (SSSR count). The Morgan fingerprint density at radius 1 is 1.31 bits per heavy atom. The minimum Gasteiger partial charge on any atom is -0.379 e. The van der Waals surface area contributed by atoms with E-state index in [-0.39, 0.29) is 6.23 Å². The molecular weight excluding hydrogens is 162 g/mol. The third-order valence-electron chi connectivity index (χ3n) is 1.96. The van der Waals surface area contributed by atoms with Crippen molar-refractivity contribution in [2.45, 2.75) is 32.9 Å². The van der Waals surface area contributed by atoms with Crippen molar-refractivity contribution >= 4 is 0 Å². The molecule has 1 atom stereocenters. The molecule has 0 aromatic heterocycles. The van der Waals surface area contributed by atoms with Crippen molar-refractivity contribution in [3.05, 3.63) is 24.3 Å². The zero-order valence-corrected chi connectivity index (χ0v) is 8.90. The summed E-state index contributed by atoms with van der Waals surface area (Å²) in [6.07, 6.45) is 10.1. The summed E-state index contributed by atoms with van der Waals surface area (Å²) in [6, 6.07) is 0. The number of hydrogen-bond donors (Lipinski definition) is 1. The summed E-state index contributed by atoms with van der Waals surface area (Å²) < 4.78 is 0. The van der Waals surface area contributed by atoms with Gasteiger partial charge in [-0.25, -0.2) is 0 Å². The fraction of sp³-hybridized carbons (Fsp3) is 0.636. The Labute approximate surface area is 81.6 Å². The Balaban J connectivity index is 3.38. The molecule has 2 nitrogen and oxygen atoms in total. The van der Waals surface area contributed by atoms with Crippen LogP contribution in [-0.2, 0) is 0 Å². The van der Waals surface area contributed by atoms with E-state index < -0.39 is 0 Å². The summed E-state index contributed by atoms with van der Waals surface area (Å²) in [4.78, 5) is 1.92. The lowest BCUT2D eigenvalue weighted by molar-refractivity contribution is 0.0398. The predicted molar refractivity (Wildman–Crippen MR) is 57.5 cm³/mol. The van der Waals surface area contributed by atoms with Crippen LogP contribution in [0.25, 0.3) is 0 Å². The summed E-state index contributed by atoms with van der Waals surface area (Å²) in [5.41, 5.74) is 0. The SMILES string of the molecule is CC=CCC=CCCN(C)C(C)O. The first kappa shape index (κ1) is 12.4. The van der Waals surface area contributed by atoms with E-state index in [0.717, 1.165) is 19.4 Å². The molecule has 0 aromatic carbocycles. The number of aliphatic hydroxyl groups excluding tert-OH is 1. The molecule has 13 heavy (non-hydrogen) atoms. The average molecular weight is 183 g/mol. The maximum absolute atomic E-state index is 9.15. The van der Waals surface area contributed by atoms with Crippen LogP contribution in [0, 0.1) is 0 Å². The monoisotopic (exact) mass is 183 g/mol. The molecular formula is C11H21NO. The summed E-state index contributed by atoms with van der Waals surface area (Å²) >= 11 is 0. The lowest BCUT2D eigenvalue weighted by Crippen LogP contribution is -2.29. The lowest BCUT2D eigenvalue weighted by Gasteiger charge is -2.18. The predicted octanol–water partition coefficient (Wildman–Crippen LogP) is 2.17. The Morgan fingerprint density at radius 2 is 2.00 bits per heavy atom. The van der Waals surface area contributed by atoms with Crippen LogP contribution < -0.4 is 0 Å². The highest BCUT2D eigenvalue weighted by molar-refractivity contribution is 4.91. The smallest absolute Gasteiger partial charge is 0.104 e. The van der Waals surface area contributed by atoms with Crippen molar-refractivity contribution in [2.75, 3.05) is 13.6 Å². The van der Waals surface area contributed by atoms with Gasteiger partial charge in [0.1, 0.15) is 6.23 Å². The van der Waals surface area contributed by atoms with Gasteiger partial charge in [-0.1, -0.05) is 24.3 Å². The number of nitrogens with zero attached hydrogens (tertiary/aromatic N) is 1. The second-order valence-corrected chi connectivity index (χ2v) is 3.18. The quantitative estimate of drug-likeness (QED) is 0.504. The van der Waals surface area contributed by atoms with Crippen LogP contribution in [0.1, 0.15) is 26.7 Å². The highest BCUT2D eigenvalue weighted by Gasteiger charge is 2.01. The van der Waals surface area contributed by atoms with E-state index in [9.17, 15) is 0 Å². The molecule has 2 heteroatoms. The van der Waals surface area contributed by atoms with Crippen molar-refractivity contribution in [3.8, 4) is 0 Å². The molecule has 0 bridgehead atoms. The van der Waals surface area contributed by atoms with Crippen molar-refractivity contribution in [1.29, 1.82) is 0 Å². The first-order valence-corrected chi connectivity index (χ1v) is 4.83. The first-order chi connectivity index (χ1) is 6.18. The van der Waals surface area contributed by atoms with Crippen LogP contribution in [0.5, 0.6) is 0 Å². The van der Waals surface area contributed by atoms with Gasteiger partial charge in [0.25, 0.3) is 0 Å². The molecule has 0 saturated carbocycles. The number of hydrogen-bond acceptors (Lipinski definition) is 2. The first-order valence-electron chi connectivity index (χ1n) is 4.83. The largest absolute Gasteiger partial charge is 0.379 e. The van der Waals surface area contributed by atoms with Crippen molar-refractivity contribution in [2.24, 2.45) is 0 Å². The van der Waals surface area contributed by atoms with E-state index in [1.165, 1.54) is 0 Å². The summed E-state index contributed by atoms with van der Waals surface area (Å²) in [7, 11) is 1.92. The molecule has 0 heterocycles. The standard InChI is InChI=1S/C11H21NO/c1-4-5-6-7-8-9-10-12(3)11(2)13/h4-5,7-8,11,13H,6,9-10H2,1-3H3. The molecule has 0 fully saturated rings. The van der Waals surface area contributed by atoms with Gasteiger partial charge in [-0.2, -0.15) is 0 Å². The highest BCUT2D eigenvalue weighted by atomic mass is 16.3. The van der Waals surface area contributed by atoms with E-state index in [2.05, 4.69) is 18.2 Å². The highest BCUT2D eigenvalue weighted by Crippen LogP contribution is 1.95. The minimum absolute atomic E-state index is 0.344. The molecule has 0 saturated heterocycles. The Bertz CT molecular complexity index is 161. The molecule has 1 unspecified atom stereocenters. The van der Waals surface area contributed by atoms with Gasteiger partial charge in [-0.15, -0.1) is 0 Å². The normalized spacial score (nSPS) is 14.8. The molecule has 0 amide bonds. The van der Waals surface area contributed by atoms with E-state index in [4.69, 9.17) is 5.11 Å². The number of allylic oxidation sites excluding steroid dienone is 3. The second-order valence-electron chi connectivity index (χ2n) is 3.18. The van der Waals surface area contributed by atoms with E-state index in [0.29, 0.717) is 0 Å². The zero-order chi connectivity index (χ0) is 10.1. The Hall–Kier alpha value is -0.600. The molecule has 0 radical (unpaired) electrons. The molecule has 76 valence electrons. The van der Waals surface area contributed by atoms with E-state index in [1.807, 2.05) is 24.9 Å². The van der Waals surface area contributed by atoms with Gasteiger partial charge in [-0.05, 0) is 33.7 Å². The minimum atomic E-state index is -0.344. The third kappa shape index (κ3) is 7.75. The number of aliphatic hydroxyl groups is 1. The molecule has 0 aliphatic carbocycles. The van der Waals surface area contributed by atoms with Gasteiger partial charge in [0.2, 0.25) is 0 Å². The topological polar surface area (TPSA) is 23.5 Å². The maximum Gasteiger partial charge on any atom is 0.104 e. The van der Waals surface area contributed by atoms with Crippen molar-refractivity contribution < 1.29 is 5.11 Å². The van der Waals surface area contributed by atoms with Gasteiger partial charge in [0.15, 0.2) is 0 Å². The zero-order valence-electron chi connectivity index (χ0n) is 8.90. The van der Waals surface area contributed by atoms with Crippen LogP contribution in [-0.4, -0.2) is 29.8 Å². The second kappa shape index (κ2) is 8.02. The summed E-state index contributed by atoms with van der Waals surface area (Å²) in [5, 5.41) is 9.15. The van der Waals surface area contributed by atoms with Crippen LogP contribution in [0.15, 0.2) is 24.3 Å². The Kier molecular flexibility index (Phi) is 7.65. The fourth-order valence-corrected chi connectivity index (χ4v) is 0.894. The van der Waals surface area contributed by atoms with Gasteiger partial charge in [-0.3, -0.25) is 4.90 Å². The van der Waals surface area contributed by atoms with Crippen LogP contribution >= 0.6 is 0 Å². The van der Waals surface area contributed by atoms with Gasteiger partial charge < -0.3 is 5.11 Å². The maximum atomic E-state index is 9.15. The molecule has 0 aliphatic heterocycles. The van der Waals surface area contributed by atoms with Crippen molar-refractivity contribution in [3.63, 3.8) is 0 Å². The van der Waals surface area contributed by atoms with Crippen LogP contribution in [0.3, 0.4) is 0 Å². The number of rotatable bonds is 6. The summed E-state index contributed by atoms with van der Waals surface area (Å²) in [6.45, 7) is 4.71. The molecule has 0 aromatic rings. The van der Waals surface area contributed by atoms with Gasteiger partial charge in [0.05, 0.1) is 0 Å². The lowest BCUT2D eigenvalue weighted by atomic mass is 10.3.